The van der Waals surface area contributed by atoms with E-state index in [1.165, 1.54) is 50.3 Å². The van der Waals surface area contributed by atoms with Gasteiger partial charge in [-0.1, -0.05) is 23.8 Å². The molecule has 4 aliphatic rings. The first-order chi connectivity index (χ1) is 17.6. The van der Waals surface area contributed by atoms with Crippen LogP contribution in [0.15, 0.2) is 49.4 Å². The predicted molar refractivity (Wildman–Crippen MR) is 150 cm³/mol. The predicted octanol–water partition coefficient (Wildman–Crippen LogP) is 6.14. The molecule has 4 saturated carbocycles. The zero-order chi connectivity index (χ0) is 26.1. The lowest BCUT2D eigenvalue weighted by atomic mass is 9.48. The van der Waals surface area contributed by atoms with Crippen molar-refractivity contribution < 1.29 is 5.11 Å². The number of aryl methyl sites for hydroxylation is 3. The van der Waals surface area contributed by atoms with Crippen molar-refractivity contribution in [1.29, 1.82) is 0 Å². The van der Waals surface area contributed by atoms with Crippen molar-refractivity contribution in [3.8, 4) is 11.6 Å². The number of benzene rings is 2. The van der Waals surface area contributed by atoms with Gasteiger partial charge in [0, 0.05) is 10.7 Å². The van der Waals surface area contributed by atoms with Crippen LogP contribution in [0.5, 0.6) is 5.88 Å². The molecule has 3 aromatic rings. The maximum atomic E-state index is 12.8. The molecular formula is C30H32BrN3O3. The molecule has 2 aromatic carbocycles. The highest BCUT2D eigenvalue weighted by molar-refractivity contribution is 9.10. The molecule has 0 atom stereocenters. The quantitative estimate of drug-likeness (QED) is 0.375. The van der Waals surface area contributed by atoms with Gasteiger partial charge < -0.3 is 5.11 Å². The van der Waals surface area contributed by atoms with Crippen LogP contribution in [-0.4, -0.2) is 20.9 Å². The van der Waals surface area contributed by atoms with E-state index in [-0.39, 0.29) is 11.0 Å². The average Bonchev–Trinajstić information content (AvgIpc) is 2.80. The number of nitrogens with zero attached hydrogens (tertiary/aromatic N) is 2. The van der Waals surface area contributed by atoms with Crippen LogP contribution in [0.2, 0.25) is 0 Å². The van der Waals surface area contributed by atoms with Crippen molar-refractivity contribution in [3.05, 3.63) is 83.5 Å². The van der Waals surface area contributed by atoms with Gasteiger partial charge in [0.1, 0.15) is 5.56 Å². The maximum absolute atomic E-state index is 12.8. The van der Waals surface area contributed by atoms with Gasteiger partial charge >= 0.3 is 5.69 Å². The summed E-state index contributed by atoms with van der Waals surface area (Å²) in [7, 11) is 0. The van der Waals surface area contributed by atoms with E-state index in [9.17, 15) is 14.7 Å². The van der Waals surface area contributed by atoms with Crippen molar-refractivity contribution in [1.82, 2.24) is 9.55 Å². The van der Waals surface area contributed by atoms with E-state index in [4.69, 9.17) is 0 Å². The summed E-state index contributed by atoms with van der Waals surface area (Å²) < 4.78 is 1.99. The zero-order valence-corrected chi connectivity index (χ0v) is 23.1. The number of rotatable bonds is 4. The summed E-state index contributed by atoms with van der Waals surface area (Å²) in [5, 5.41) is 11.1. The van der Waals surface area contributed by atoms with E-state index in [1.54, 1.807) is 0 Å². The van der Waals surface area contributed by atoms with Crippen LogP contribution in [0.3, 0.4) is 0 Å². The van der Waals surface area contributed by atoms with Gasteiger partial charge in [-0.2, -0.15) is 0 Å². The molecule has 7 heteroatoms. The molecule has 37 heavy (non-hydrogen) atoms. The molecule has 2 N–H and O–H groups in total. The molecule has 1 heterocycles. The Morgan fingerprint density at radius 1 is 1.00 bits per heavy atom. The maximum Gasteiger partial charge on any atom is 0.335 e. The molecule has 4 bridgehead atoms. The molecule has 6 nitrogen and oxygen atoms in total. The summed E-state index contributed by atoms with van der Waals surface area (Å²) in [5.74, 6) is 2.10. The van der Waals surface area contributed by atoms with E-state index in [0.29, 0.717) is 11.4 Å². The fraction of sp³-hybridized carbons (Fsp3) is 0.433. The Bertz CT molecular complexity index is 1510. The number of aliphatic imine (C=N–C) groups is 1. The van der Waals surface area contributed by atoms with E-state index < -0.39 is 17.1 Å². The number of hydrogen-bond acceptors (Lipinski definition) is 4. The second-order valence-electron chi connectivity index (χ2n) is 11.7. The van der Waals surface area contributed by atoms with Crippen molar-refractivity contribution in [2.45, 2.75) is 64.7 Å². The molecule has 0 radical (unpaired) electrons. The number of halogens is 1. The first kappa shape index (κ1) is 24.4. The van der Waals surface area contributed by atoms with Crippen molar-refractivity contribution in [2.24, 2.45) is 22.7 Å². The Morgan fingerprint density at radius 3 is 2.19 bits per heavy atom. The summed E-state index contributed by atoms with van der Waals surface area (Å²) >= 11 is 3.62. The lowest BCUT2D eigenvalue weighted by molar-refractivity contribution is -0.00517. The fourth-order valence-electron chi connectivity index (χ4n) is 7.93. The van der Waals surface area contributed by atoms with Gasteiger partial charge in [-0.15, -0.1) is 0 Å². The van der Waals surface area contributed by atoms with Crippen molar-refractivity contribution in [2.75, 3.05) is 0 Å². The second-order valence-corrected chi connectivity index (χ2v) is 12.6. The highest BCUT2D eigenvalue weighted by Crippen LogP contribution is 2.61. The van der Waals surface area contributed by atoms with Gasteiger partial charge in [0.05, 0.1) is 11.4 Å². The van der Waals surface area contributed by atoms with Crippen LogP contribution in [0, 0.1) is 38.5 Å². The minimum atomic E-state index is -0.681. The highest BCUT2D eigenvalue weighted by Gasteiger charge is 2.51. The van der Waals surface area contributed by atoms with Gasteiger partial charge in [0.25, 0.3) is 5.56 Å². The van der Waals surface area contributed by atoms with E-state index in [2.05, 4.69) is 38.0 Å². The second kappa shape index (κ2) is 8.83. The SMILES string of the molecule is Cc1cc(C)c(-n2c(O)c(C=Nc3cc(C45CC6CC(CC(C6)C4)C5)ccc3Br)c(=O)[nH]c2=O)c(C)c1. The molecule has 192 valence electrons. The minimum absolute atomic E-state index is 0.0499. The highest BCUT2D eigenvalue weighted by atomic mass is 79.9. The van der Waals surface area contributed by atoms with E-state index >= 15 is 0 Å². The molecular weight excluding hydrogens is 530 g/mol. The molecule has 0 unspecified atom stereocenters. The van der Waals surface area contributed by atoms with Crippen LogP contribution in [-0.2, 0) is 5.41 Å². The minimum Gasteiger partial charge on any atom is -0.493 e. The largest absolute Gasteiger partial charge is 0.493 e. The number of H-pyrrole nitrogens is 1. The number of hydrogen-bond donors (Lipinski definition) is 2. The number of aromatic nitrogens is 2. The molecule has 0 aliphatic heterocycles. The summed E-state index contributed by atoms with van der Waals surface area (Å²) in [5.41, 5.74) is 4.15. The first-order valence-electron chi connectivity index (χ1n) is 13.1. The molecule has 4 aliphatic carbocycles. The average molecular weight is 563 g/mol. The van der Waals surface area contributed by atoms with Gasteiger partial charge in [0.15, 0.2) is 0 Å². The van der Waals surface area contributed by atoms with Crippen LogP contribution in [0.1, 0.15) is 66.3 Å². The molecule has 0 saturated heterocycles. The number of nitrogens with one attached hydrogen (secondary N) is 1. The van der Waals surface area contributed by atoms with Crippen LogP contribution in [0.4, 0.5) is 5.69 Å². The van der Waals surface area contributed by atoms with Gasteiger partial charge in [-0.3, -0.25) is 14.8 Å². The lowest BCUT2D eigenvalue weighted by Gasteiger charge is -2.57. The van der Waals surface area contributed by atoms with Crippen LogP contribution < -0.4 is 11.2 Å². The standard InChI is InChI=1S/C30H32BrN3O3/c1-16-6-17(2)26(18(3)7-16)34-28(36)23(27(35)33-29(34)37)15-32-25-11-22(4-5-24(25)31)30-12-19-8-20(13-30)10-21(9-19)14-30/h4-7,11,15,19-21,36H,8-10,12-14H2,1-3H3,(H,33,35,37). The smallest absolute Gasteiger partial charge is 0.335 e. The Hall–Kier alpha value is -2.93. The third kappa shape index (κ3) is 4.12. The Morgan fingerprint density at radius 2 is 1.59 bits per heavy atom. The van der Waals surface area contributed by atoms with E-state index in [0.717, 1.165) is 43.5 Å². The van der Waals surface area contributed by atoms with Crippen molar-refractivity contribution in [3.63, 3.8) is 0 Å². The van der Waals surface area contributed by atoms with E-state index in [1.807, 2.05) is 39.0 Å². The Labute approximate surface area is 224 Å². The van der Waals surface area contributed by atoms with Crippen LogP contribution in [0.25, 0.3) is 5.69 Å². The summed E-state index contributed by atoms with van der Waals surface area (Å²) in [6.07, 6.45) is 9.29. The zero-order valence-electron chi connectivity index (χ0n) is 21.5. The summed E-state index contributed by atoms with van der Waals surface area (Å²) in [6.45, 7) is 5.74. The monoisotopic (exact) mass is 561 g/mol. The number of aromatic amines is 1. The van der Waals surface area contributed by atoms with Gasteiger partial charge in [0.2, 0.25) is 5.88 Å². The summed E-state index contributed by atoms with van der Waals surface area (Å²) in [4.78, 5) is 32.5. The van der Waals surface area contributed by atoms with Gasteiger partial charge in [-0.05, 0) is 127 Å². The number of aromatic hydroxyl groups is 1. The third-order valence-corrected chi connectivity index (χ3v) is 9.58. The molecule has 0 amide bonds. The van der Waals surface area contributed by atoms with Crippen LogP contribution >= 0.6 is 15.9 Å². The Balaban J connectivity index is 1.40. The normalized spacial score (nSPS) is 26.3. The van der Waals surface area contributed by atoms with Gasteiger partial charge in [-0.25, -0.2) is 9.36 Å². The molecule has 0 spiro atoms. The third-order valence-electron chi connectivity index (χ3n) is 8.91. The summed E-state index contributed by atoms with van der Waals surface area (Å²) in [6, 6.07) is 10.3. The lowest BCUT2D eigenvalue weighted by Crippen LogP contribution is -2.48. The van der Waals surface area contributed by atoms with Crippen molar-refractivity contribution >= 4 is 27.8 Å². The topological polar surface area (TPSA) is 87.4 Å². The Kier molecular flexibility index (Phi) is 5.82. The first-order valence-corrected chi connectivity index (χ1v) is 13.9. The molecule has 4 fully saturated rings. The molecule has 7 rings (SSSR count). The fourth-order valence-corrected chi connectivity index (χ4v) is 8.28. The molecule has 1 aromatic heterocycles.